The number of amides is 3. The van der Waals surface area contributed by atoms with Crippen molar-refractivity contribution in [1.82, 2.24) is 9.80 Å². The van der Waals surface area contributed by atoms with Crippen molar-refractivity contribution in [2.24, 2.45) is 5.92 Å². The maximum atomic E-state index is 13.6. The van der Waals surface area contributed by atoms with Gasteiger partial charge >= 0.3 is 6.03 Å². The van der Waals surface area contributed by atoms with E-state index in [2.05, 4.69) is 38.2 Å². The van der Waals surface area contributed by atoms with Crippen LogP contribution in [-0.2, 0) is 17.9 Å². The molecule has 186 valence electrons. The zero-order valence-electron chi connectivity index (χ0n) is 21.5. The highest BCUT2D eigenvalue weighted by atomic mass is 32.1. The Morgan fingerprint density at radius 3 is 2.31 bits per heavy atom. The van der Waals surface area contributed by atoms with E-state index in [-0.39, 0.29) is 24.4 Å². The van der Waals surface area contributed by atoms with Crippen LogP contribution in [0, 0.1) is 26.7 Å². The Morgan fingerprint density at radius 1 is 0.943 bits per heavy atom. The standard InChI is InChI=1S/C29H37N3O2S/c1-6-21(2)17-32(29(34)30-27-15-12-22(3)16-23(27)4)20-28(33)31(18-25-10-8-7-9-11-25)19-26-14-13-24(5)35-26/h7-16,21H,6,17-20H2,1-5H3,(H,30,34). The first-order chi connectivity index (χ1) is 16.7. The van der Waals surface area contributed by atoms with Gasteiger partial charge in [0.05, 0.1) is 6.54 Å². The van der Waals surface area contributed by atoms with Gasteiger partial charge in [0, 0.05) is 28.5 Å². The molecule has 3 aromatic rings. The summed E-state index contributed by atoms with van der Waals surface area (Å²) in [5, 5.41) is 3.03. The number of urea groups is 1. The Morgan fingerprint density at radius 2 is 1.69 bits per heavy atom. The molecular weight excluding hydrogens is 454 g/mol. The SMILES string of the molecule is CCC(C)CN(CC(=O)N(Cc1ccccc1)Cc1ccc(C)s1)C(=O)Nc1ccc(C)cc1C. The van der Waals surface area contributed by atoms with Gasteiger partial charge in [-0.25, -0.2) is 4.79 Å². The highest BCUT2D eigenvalue weighted by molar-refractivity contribution is 7.11. The third-order valence-electron chi connectivity index (χ3n) is 6.18. The highest BCUT2D eigenvalue weighted by Gasteiger charge is 2.24. The quantitative estimate of drug-likeness (QED) is 0.340. The van der Waals surface area contributed by atoms with E-state index in [0.717, 1.165) is 33.7 Å². The Hall–Kier alpha value is -3.12. The van der Waals surface area contributed by atoms with Crippen LogP contribution >= 0.6 is 11.3 Å². The fourth-order valence-electron chi connectivity index (χ4n) is 3.93. The number of anilines is 1. The summed E-state index contributed by atoms with van der Waals surface area (Å²) in [5.41, 5.74) is 4.00. The van der Waals surface area contributed by atoms with Gasteiger partial charge in [-0.15, -0.1) is 11.3 Å². The number of rotatable bonds is 10. The van der Waals surface area contributed by atoms with Crippen LogP contribution in [0.4, 0.5) is 10.5 Å². The molecule has 5 nitrogen and oxygen atoms in total. The molecule has 1 aromatic heterocycles. The highest BCUT2D eigenvalue weighted by Crippen LogP contribution is 2.20. The third-order valence-corrected chi connectivity index (χ3v) is 7.16. The summed E-state index contributed by atoms with van der Waals surface area (Å²) in [6.45, 7) is 11.9. The van der Waals surface area contributed by atoms with Crippen LogP contribution in [0.3, 0.4) is 0 Å². The van der Waals surface area contributed by atoms with Crippen molar-refractivity contribution in [3.05, 3.63) is 87.1 Å². The zero-order chi connectivity index (χ0) is 25.4. The summed E-state index contributed by atoms with van der Waals surface area (Å²) in [4.78, 5) is 32.8. The lowest BCUT2D eigenvalue weighted by molar-refractivity contribution is -0.133. The predicted molar refractivity (Wildman–Crippen MR) is 146 cm³/mol. The lowest BCUT2D eigenvalue weighted by Crippen LogP contribution is -2.45. The third kappa shape index (κ3) is 7.96. The Labute approximate surface area is 213 Å². The minimum Gasteiger partial charge on any atom is -0.332 e. The molecule has 0 saturated carbocycles. The van der Waals surface area contributed by atoms with Crippen molar-refractivity contribution in [3.63, 3.8) is 0 Å². The zero-order valence-corrected chi connectivity index (χ0v) is 22.3. The maximum Gasteiger partial charge on any atom is 0.322 e. The fourth-order valence-corrected chi connectivity index (χ4v) is 4.84. The van der Waals surface area contributed by atoms with Crippen molar-refractivity contribution >= 4 is 29.0 Å². The van der Waals surface area contributed by atoms with E-state index in [0.29, 0.717) is 19.6 Å². The van der Waals surface area contributed by atoms with Gasteiger partial charge in [-0.1, -0.05) is 68.3 Å². The van der Waals surface area contributed by atoms with E-state index in [4.69, 9.17) is 0 Å². The van der Waals surface area contributed by atoms with Crippen LogP contribution in [0.15, 0.2) is 60.7 Å². The first-order valence-corrected chi connectivity index (χ1v) is 13.1. The monoisotopic (exact) mass is 491 g/mol. The van der Waals surface area contributed by atoms with Gasteiger partial charge < -0.3 is 15.1 Å². The minimum absolute atomic E-state index is 0.0400. The second kappa shape index (κ2) is 12.5. The maximum absolute atomic E-state index is 13.6. The van der Waals surface area contributed by atoms with Crippen molar-refractivity contribution < 1.29 is 9.59 Å². The molecule has 0 radical (unpaired) electrons. The van der Waals surface area contributed by atoms with E-state index in [1.54, 1.807) is 16.2 Å². The number of nitrogens with one attached hydrogen (secondary N) is 1. The Balaban J connectivity index is 1.79. The molecule has 0 bridgehead atoms. The van der Waals surface area contributed by atoms with Gasteiger partial charge in [0.2, 0.25) is 5.91 Å². The molecule has 0 aliphatic carbocycles. The van der Waals surface area contributed by atoms with Crippen LogP contribution < -0.4 is 5.32 Å². The largest absolute Gasteiger partial charge is 0.332 e. The van der Waals surface area contributed by atoms with E-state index in [1.807, 2.05) is 67.3 Å². The summed E-state index contributed by atoms with van der Waals surface area (Å²) in [6.07, 6.45) is 0.934. The summed E-state index contributed by atoms with van der Waals surface area (Å²) >= 11 is 1.70. The van der Waals surface area contributed by atoms with Crippen molar-refractivity contribution in [2.75, 3.05) is 18.4 Å². The number of carbonyl (C=O) groups is 2. The van der Waals surface area contributed by atoms with E-state index < -0.39 is 0 Å². The molecule has 0 saturated heterocycles. The van der Waals surface area contributed by atoms with E-state index >= 15 is 0 Å². The van der Waals surface area contributed by atoms with Gasteiger partial charge in [0.15, 0.2) is 0 Å². The van der Waals surface area contributed by atoms with Crippen LogP contribution in [0.2, 0.25) is 0 Å². The molecule has 35 heavy (non-hydrogen) atoms. The number of thiophene rings is 1. The molecule has 0 aliphatic rings. The van der Waals surface area contributed by atoms with Crippen molar-refractivity contribution in [3.8, 4) is 0 Å². The van der Waals surface area contributed by atoms with Crippen LogP contribution in [0.1, 0.15) is 46.7 Å². The minimum atomic E-state index is -0.239. The van der Waals surface area contributed by atoms with Gasteiger partial charge in [-0.2, -0.15) is 0 Å². The molecule has 3 rings (SSSR count). The smallest absolute Gasteiger partial charge is 0.322 e. The van der Waals surface area contributed by atoms with Gasteiger partial charge in [-0.3, -0.25) is 4.79 Å². The van der Waals surface area contributed by atoms with Crippen molar-refractivity contribution in [2.45, 2.75) is 54.1 Å². The molecular formula is C29H37N3O2S. The van der Waals surface area contributed by atoms with Gasteiger partial charge in [0.1, 0.15) is 6.54 Å². The molecule has 0 aliphatic heterocycles. The Kier molecular flexibility index (Phi) is 9.49. The summed E-state index contributed by atoms with van der Waals surface area (Å²) in [6, 6.07) is 19.9. The Bertz CT molecular complexity index is 1130. The number of benzene rings is 2. The second-order valence-electron chi connectivity index (χ2n) is 9.39. The molecule has 6 heteroatoms. The predicted octanol–water partition coefficient (Wildman–Crippen LogP) is 6.78. The first-order valence-electron chi connectivity index (χ1n) is 12.2. The molecule has 1 unspecified atom stereocenters. The molecule has 1 atom stereocenters. The summed E-state index contributed by atoms with van der Waals surface area (Å²) < 4.78 is 0. The van der Waals surface area contributed by atoms with Crippen LogP contribution in [0.5, 0.6) is 0 Å². The average Bonchev–Trinajstić information content (AvgIpc) is 3.24. The first kappa shape index (κ1) is 26.5. The van der Waals surface area contributed by atoms with Gasteiger partial charge in [-0.05, 0) is 56.0 Å². The second-order valence-corrected chi connectivity index (χ2v) is 10.8. The number of hydrogen-bond acceptors (Lipinski definition) is 3. The summed E-state index contributed by atoms with van der Waals surface area (Å²) in [7, 11) is 0. The summed E-state index contributed by atoms with van der Waals surface area (Å²) in [5.74, 6) is 0.231. The van der Waals surface area contributed by atoms with Crippen LogP contribution in [0.25, 0.3) is 0 Å². The molecule has 3 amide bonds. The number of nitrogens with zero attached hydrogens (tertiary/aromatic N) is 2. The fraction of sp³-hybridized carbons (Fsp3) is 0.379. The molecule has 1 N–H and O–H groups in total. The molecule has 0 spiro atoms. The lowest BCUT2D eigenvalue weighted by atomic mass is 10.1. The molecule has 2 aromatic carbocycles. The normalized spacial score (nSPS) is 11.7. The van der Waals surface area contributed by atoms with Crippen molar-refractivity contribution in [1.29, 1.82) is 0 Å². The average molecular weight is 492 g/mol. The molecule has 1 heterocycles. The molecule has 0 fully saturated rings. The van der Waals surface area contributed by atoms with E-state index in [1.165, 1.54) is 4.88 Å². The number of aryl methyl sites for hydroxylation is 3. The topological polar surface area (TPSA) is 52.7 Å². The van der Waals surface area contributed by atoms with Gasteiger partial charge in [0.25, 0.3) is 0 Å². The van der Waals surface area contributed by atoms with Crippen LogP contribution in [-0.4, -0.2) is 34.8 Å². The number of carbonyl (C=O) groups excluding carboxylic acids is 2. The van der Waals surface area contributed by atoms with E-state index in [9.17, 15) is 9.59 Å². The lowest BCUT2D eigenvalue weighted by Gasteiger charge is -2.29. The number of hydrogen-bond donors (Lipinski definition) is 1.